The normalized spacial score (nSPS) is 15.3. The average molecular weight is 297 g/mol. The van der Waals surface area contributed by atoms with E-state index < -0.39 is 11.7 Å². The SMILES string of the molecule is CNc1nc(C2CC2)nc(-n2cc(C(F)(F)F)cn2)c1C. The summed E-state index contributed by atoms with van der Waals surface area (Å²) in [6.07, 6.45) is -0.635. The Morgan fingerprint density at radius 3 is 2.52 bits per heavy atom. The molecule has 0 spiro atoms. The van der Waals surface area contributed by atoms with E-state index in [1.54, 1.807) is 14.0 Å². The summed E-state index contributed by atoms with van der Waals surface area (Å²) in [6, 6.07) is 0. The van der Waals surface area contributed by atoms with Crippen LogP contribution in [0, 0.1) is 6.92 Å². The Labute approximate surface area is 119 Å². The highest BCUT2D eigenvalue weighted by molar-refractivity contribution is 5.51. The van der Waals surface area contributed by atoms with E-state index in [2.05, 4.69) is 20.4 Å². The van der Waals surface area contributed by atoms with Crippen LogP contribution in [0.15, 0.2) is 12.4 Å². The summed E-state index contributed by atoms with van der Waals surface area (Å²) in [5, 5.41) is 6.74. The van der Waals surface area contributed by atoms with Crippen molar-refractivity contribution in [2.45, 2.75) is 31.9 Å². The van der Waals surface area contributed by atoms with Crippen molar-refractivity contribution < 1.29 is 13.2 Å². The lowest BCUT2D eigenvalue weighted by Crippen LogP contribution is -2.10. The van der Waals surface area contributed by atoms with Gasteiger partial charge in [-0.05, 0) is 19.8 Å². The summed E-state index contributed by atoms with van der Waals surface area (Å²) in [5.74, 6) is 1.95. The fourth-order valence-electron chi connectivity index (χ4n) is 2.10. The molecule has 0 saturated heterocycles. The molecule has 0 amide bonds. The molecule has 3 rings (SSSR count). The molecule has 1 saturated carbocycles. The van der Waals surface area contributed by atoms with Crippen molar-refractivity contribution in [2.75, 3.05) is 12.4 Å². The third-order valence-corrected chi connectivity index (χ3v) is 3.44. The molecule has 0 aromatic carbocycles. The minimum atomic E-state index is -4.41. The minimum absolute atomic E-state index is 0.300. The van der Waals surface area contributed by atoms with Crippen LogP contribution in [0.1, 0.15) is 35.7 Å². The Bertz CT molecular complexity index is 673. The first-order valence-electron chi connectivity index (χ1n) is 6.58. The van der Waals surface area contributed by atoms with Gasteiger partial charge in [0, 0.05) is 24.7 Å². The second kappa shape index (κ2) is 4.71. The summed E-state index contributed by atoms with van der Waals surface area (Å²) in [5.41, 5.74) is -0.127. The third kappa shape index (κ3) is 2.57. The molecule has 1 aliphatic carbocycles. The van der Waals surface area contributed by atoms with Crippen LogP contribution in [0.4, 0.5) is 19.0 Å². The predicted molar refractivity (Wildman–Crippen MR) is 70.4 cm³/mol. The van der Waals surface area contributed by atoms with Crippen LogP contribution in [0.2, 0.25) is 0 Å². The lowest BCUT2D eigenvalue weighted by Gasteiger charge is -2.11. The average Bonchev–Trinajstić information content (AvgIpc) is 3.14. The van der Waals surface area contributed by atoms with Crippen molar-refractivity contribution in [3.63, 3.8) is 0 Å². The van der Waals surface area contributed by atoms with Gasteiger partial charge in [-0.25, -0.2) is 14.6 Å². The van der Waals surface area contributed by atoms with E-state index in [-0.39, 0.29) is 0 Å². The van der Waals surface area contributed by atoms with Crippen molar-refractivity contribution in [3.8, 4) is 5.82 Å². The lowest BCUT2D eigenvalue weighted by molar-refractivity contribution is -0.137. The second-order valence-electron chi connectivity index (χ2n) is 5.07. The van der Waals surface area contributed by atoms with Crippen LogP contribution in [-0.2, 0) is 6.18 Å². The standard InChI is InChI=1S/C13H14F3N5/c1-7-10(17-2)19-11(8-3-4-8)20-12(7)21-6-9(5-18-21)13(14,15)16/h5-6,8H,3-4H2,1-2H3,(H,17,19,20). The number of alkyl halides is 3. The highest BCUT2D eigenvalue weighted by Gasteiger charge is 2.33. The number of hydrogen-bond donors (Lipinski definition) is 1. The third-order valence-electron chi connectivity index (χ3n) is 3.44. The van der Waals surface area contributed by atoms with Gasteiger partial charge in [0.1, 0.15) is 11.6 Å². The van der Waals surface area contributed by atoms with Crippen molar-refractivity contribution in [3.05, 3.63) is 29.3 Å². The first kappa shape index (κ1) is 13.8. The Morgan fingerprint density at radius 2 is 2.00 bits per heavy atom. The van der Waals surface area contributed by atoms with E-state index in [9.17, 15) is 13.2 Å². The maximum Gasteiger partial charge on any atom is 0.419 e. The fourth-order valence-corrected chi connectivity index (χ4v) is 2.10. The molecule has 1 aliphatic rings. The minimum Gasteiger partial charge on any atom is -0.373 e. The zero-order chi connectivity index (χ0) is 15.2. The molecule has 112 valence electrons. The quantitative estimate of drug-likeness (QED) is 0.946. The number of halogens is 3. The number of rotatable bonds is 3. The van der Waals surface area contributed by atoms with Crippen molar-refractivity contribution >= 4 is 5.82 Å². The number of nitrogens with zero attached hydrogens (tertiary/aromatic N) is 4. The maximum absolute atomic E-state index is 12.7. The molecule has 0 unspecified atom stereocenters. The molecule has 0 radical (unpaired) electrons. The van der Waals surface area contributed by atoms with Crippen LogP contribution in [0.5, 0.6) is 0 Å². The second-order valence-corrected chi connectivity index (χ2v) is 5.07. The van der Waals surface area contributed by atoms with Crippen molar-refractivity contribution in [2.24, 2.45) is 0 Å². The van der Waals surface area contributed by atoms with Crippen LogP contribution in [0.25, 0.3) is 5.82 Å². The van der Waals surface area contributed by atoms with Gasteiger partial charge in [0.15, 0.2) is 5.82 Å². The van der Waals surface area contributed by atoms with Crippen molar-refractivity contribution in [1.82, 2.24) is 19.7 Å². The molecule has 5 nitrogen and oxygen atoms in total. The first-order valence-corrected chi connectivity index (χ1v) is 6.58. The molecular weight excluding hydrogens is 283 g/mol. The summed E-state index contributed by atoms with van der Waals surface area (Å²) in [6.45, 7) is 1.76. The van der Waals surface area contributed by atoms with Crippen LogP contribution in [-0.4, -0.2) is 26.8 Å². The van der Waals surface area contributed by atoms with Crippen LogP contribution in [0.3, 0.4) is 0 Å². The van der Waals surface area contributed by atoms with Gasteiger partial charge < -0.3 is 5.32 Å². The van der Waals surface area contributed by atoms with E-state index in [4.69, 9.17) is 0 Å². The first-order chi connectivity index (χ1) is 9.90. The molecule has 0 aliphatic heterocycles. The van der Waals surface area contributed by atoms with E-state index in [0.29, 0.717) is 28.9 Å². The largest absolute Gasteiger partial charge is 0.419 e. The fraction of sp³-hybridized carbons (Fsp3) is 0.462. The van der Waals surface area contributed by atoms with Gasteiger partial charge in [-0.1, -0.05) is 0 Å². The van der Waals surface area contributed by atoms with E-state index in [1.165, 1.54) is 0 Å². The lowest BCUT2D eigenvalue weighted by atomic mass is 10.2. The van der Waals surface area contributed by atoms with E-state index in [0.717, 1.165) is 29.9 Å². The molecule has 8 heteroatoms. The molecule has 0 bridgehead atoms. The van der Waals surface area contributed by atoms with Gasteiger partial charge >= 0.3 is 6.18 Å². The molecule has 21 heavy (non-hydrogen) atoms. The summed E-state index contributed by atoms with van der Waals surface area (Å²) >= 11 is 0. The number of anilines is 1. The monoisotopic (exact) mass is 297 g/mol. The predicted octanol–water partition coefficient (Wildman–Crippen LogP) is 2.91. The van der Waals surface area contributed by atoms with Gasteiger partial charge in [-0.3, -0.25) is 0 Å². The Morgan fingerprint density at radius 1 is 1.29 bits per heavy atom. The Balaban J connectivity index is 2.08. The highest BCUT2D eigenvalue weighted by atomic mass is 19.4. The van der Waals surface area contributed by atoms with E-state index in [1.807, 2.05) is 0 Å². The highest BCUT2D eigenvalue weighted by Crippen LogP contribution is 2.39. The molecule has 1 fully saturated rings. The molecule has 0 atom stereocenters. The van der Waals surface area contributed by atoms with Crippen LogP contribution < -0.4 is 5.32 Å². The zero-order valence-corrected chi connectivity index (χ0v) is 11.6. The number of hydrogen-bond acceptors (Lipinski definition) is 4. The van der Waals surface area contributed by atoms with Gasteiger partial charge in [-0.2, -0.15) is 18.3 Å². The van der Waals surface area contributed by atoms with Crippen LogP contribution >= 0.6 is 0 Å². The Kier molecular flexibility index (Phi) is 3.11. The summed E-state index contributed by atoms with van der Waals surface area (Å²) < 4.78 is 39.2. The van der Waals surface area contributed by atoms with Gasteiger partial charge in [0.05, 0.1) is 11.8 Å². The Hall–Kier alpha value is -2.12. The van der Waals surface area contributed by atoms with Gasteiger partial charge in [-0.15, -0.1) is 0 Å². The topological polar surface area (TPSA) is 55.6 Å². The van der Waals surface area contributed by atoms with E-state index >= 15 is 0 Å². The summed E-state index contributed by atoms with van der Waals surface area (Å²) in [4.78, 5) is 8.80. The zero-order valence-electron chi connectivity index (χ0n) is 11.6. The molecule has 2 heterocycles. The maximum atomic E-state index is 12.7. The van der Waals surface area contributed by atoms with Gasteiger partial charge in [0.2, 0.25) is 0 Å². The summed E-state index contributed by atoms with van der Waals surface area (Å²) in [7, 11) is 1.72. The van der Waals surface area contributed by atoms with Crippen molar-refractivity contribution in [1.29, 1.82) is 0 Å². The molecule has 2 aromatic rings. The number of nitrogens with one attached hydrogen (secondary N) is 1. The molecular formula is C13H14F3N5. The van der Waals surface area contributed by atoms with Gasteiger partial charge in [0.25, 0.3) is 0 Å². The number of aromatic nitrogens is 4. The molecule has 2 aromatic heterocycles. The molecule has 1 N–H and O–H groups in total. The smallest absolute Gasteiger partial charge is 0.373 e.